The molecule has 0 aliphatic rings. The number of benzene rings is 3. The van der Waals surface area contributed by atoms with Gasteiger partial charge in [0, 0.05) is 0 Å². The van der Waals surface area contributed by atoms with Gasteiger partial charge in [-0.1, -0.05) is 24.3 Å². The maximum Gasteiger partial charge on any atom is 0.120 e. The van der Waals surface area contributed by atoms with Crippen LogP contribution in [0.25, 0.3) is 10.8 Å². The molecule has 0 fully saturated rings. The highest BCUT2D eigenvalue weighted by Gasteiger charge is 2.01. The highest BCUT2D eigenvalue weighted by atomic mass is 16.5. The highest BCUT2D eigenvalue weighted by Crippen LogP contribution is 2.25. The van der Waals surface area contributed by atoms with Gasteiger partial charge in [-0.05, 0) is 52.7 Å². The lowest BCUT2D eigenvalue weighted by atomic mass is 10.1. The first-order valence-corrected chi connectivity index (χ1v) is 6.73. The predicted octanol–water partition coefficient (Wildman–Crippen LogP) is 4.13. The van der Waals surface area contributed by atoms with E-state index in [1.165, 1.54) is 0 Å². The molecule has 0 aromatic heterocycles. The Morgan fingerprint density at radius 3 is 2.57 bits per heavy atom. The van der Waals surface area contributed by atoms with Gasteiger partial charge in [0.15, 0.2) is 0 Å². The summed E-state index contributed by atoms with van der Waals surface area (Å²) in [7, 11) is 1.65. The van der Waals surface area contributed by atoms with Crippen molar-refractivity contribution in [1.29, 1.82) is 0 Å². The van der Waals surface area contributed by atoms with Crippen LogP contribution in [-0.2, 0) is 6.61 Å². The first-order chi connectivity index (χ1) is 10.2. The lowest BCUT2D eigenvalue weighted by molar-refractivity contribution is 0.305. The maximum absolute atomic E-state index is 9.53. The second-order valence-electron chi connectivity index (χ2n) is 4.83. The van der Waals surface area contributed by atoms with Crippen molar-refractivity contribution in [3.05, 3.63) is 66.2 Å². The van der Waals surface area contributed by atoms with E-state index in [1.54, 1.807) is 19.2 Å². The van der Waals surface area contributed by atoms with Gasteiger partial charge in [-0.2, -0.15) is 0 Å². The number of hydrogen-bond donors (Lipinski definition) is 1. The second-order valence-corrected chi connectivity index (χ2v) is 4.83. The number of aromatic hydroxyl groups is 1. The summed E-state index contributed by atoms with van der Waals surface area (Å²) in [6.07, 6.45) is 0. The van der Waals surface area contributed by atoms with E-state index in [-0.39, 0.29) is 5.75 Å². The van der Waals surface area contributed by atoms with Crippen LogP contribution in [0.15, 0.2) is 60.7 Å². The van der Waals surface area contributed by atoms with Crippen molar-refractivity contribution >= 4 is 10.8 Å². The van der Waals surface area contributed by atoms with E-state index in [2.05, 4.69) is 0 Å². The molecule has 0 atom stereocenters. The zero-order valence-corrected chi connectivity index (χ0v) is 11.7. The summed E-state index contributed by atoms with van der Waals surface area (Å²) in [6, 6.07) is 18.9. The average molecular weight is 280 g/mol. The first-order valence-electron chi connectivity index (χ1n) is 6.73. The van der Waals surface area contributed by atoms with Crippen LogP contribution in [0.2, 0.25) is 0 Å². The van der Waals surface area contributed by atoms with E-state index in [0.29, 0.717) is 6.61 Å². The molecule has 0 amide bonds. The largest absolute Gasteiger partial charge is 0.508 e. The molecule has 3 nitrogen and oxygen atoms in total. The third kappa shape index (κ3) is 3.08. The first kappa shape index (κ1) is 13.3. The van der Waals surface area contributed by atoms with E-state index in [4.69, 9.17) is 9.47 Å². The van der Waals surface area contributed by atoms with E-state index in [9.17, 15) is 5.11 Å². The molecule has 3 aromatic carbocycles. The van der Waals surface area contributed by atoms with Crippen molar-refractivity contribution in [3.63, 3.8) is 0 Å². The topological polar surface area (TPSA) is 38.7 Å². The number of phenols is 1. The molecule has 0 aliphatic carbocycles. The molecule has 0 bridgehead atoms. The zero-order chi connectivity index (χ0) is 14.7. The van der Waals surface area contributed by atoms with Crippen molar-refractivity contribution in [3.8, 4) is 17.2 Å². The third-order valence-electron chi connectivity index (χ3n) is 3.33. The zero-order valence-electron chi connectivity index (χ0n) is 11.7. The third-order valence-corrected chi connectivity index (χ3v) is 3.33. The lowest BCUT2D eigenvalue weighted by Gasteiger charge is -2.09. The minimum absolute atomic E-state index is 0.257. The maximum atomic E-state index is 9.53. The quantitative estimate of drug-likeness (QED) is 0.781. The fraction of sp³-hybridized carbons (Fsp3) is 0.111. The Kier molecular flexibility index (Phi) is 3.65. The van der Waals surface area contributed by atoms with Crippen molar-refractivity contribution in [2.75, 3.05) is 7.11 Å². The van der Waals surface area contributed by atoms with E-state index < -0.39 is 0 Å². The Labute approximate surface area is 123 Å². The van der Waals surface area contributed by atoms with Gasteiger partial charge >= 0.3 is 0 Å². The van der Waals surface area contributed by atoms with Gasteiger partial charge in [-0.15, -0.1) is 0 Å². The van der Waals surface area contributed by atoms with Crippen LogP contribution in [-0.4, -0.2) is 12.2 Å². The van der Waals surface area contributed by atoms with Crippen LogP contribution >= 0.6 is 0 Å². The van der Waals surface area contributed by atoms with Crippen LogP contribution in [0.1, 0.15) is 5.56 Å². The number of rotatable bonds is 4. The molecule has 0 saturated carbocycles. The van der Waals surface area contributed by atoms with Gasteiger partial charge < -0.3 is 14.6 Å². The highest BCUT2D eigenvalue weighted by molar-refractivity contribution is 5.85. The van der Waals surface area contributed by atoms with Gasteiger partial charge in [0.25, 0.3) is 0 Å². The second kappa shape index (κ2) is 5.75. The Bertz CT molecular complexity index is 765. The Morgan fingerprint density at radius 1 is 0.857 bits per heavy atom. The minimum Gasteiger partial charge on any atom is -0.508 e. The van der Waals surface area contributed by atoms with Crippen molar-refractivity contribution in [1.82, 2.24) is 0 Å². The molecule has 0 saturated heterocycles. The van der Waals surface area contributed by atoms with Crippen LogP contribution in [0.3, 0.4) is 0 Å². The standard InChI is InChI=1S/C18H16O3/c1-20-17-4-2-3-13(9-17)12-21-18-8-6-14-5-7-16(19)10-15(14)11-18/h2-11,19H,12H2,1H3. The smallest absolute Gasteiger partial charge is 0.120 e. The van der Waals surface area contributed by atoms with Gasteiger partial charge in [0.2, 0.25) is 0 Å². The number of fused-ring (bicyclic) bond motifs is 1. The average Bonchev–Trinajstić information content (AvgIpc) is 2.52. The van der Waals surface area contributed by atoms with Crippen molar-refractivity contribution < 1.29 is 14.6 Å². The fourth-order valence-corrected chi connectivity index (χ4v) is 2.23. The monoisotopic (exact) mass is 280 g/mol. The molecular formula is C18H16O3. The molecule has 3 heteroatoms. The number of ether oxygens (including phenoxy) is 2. The minimum atomic E-state index is 0.257. The molecule has 3 aromatic rings. The Morgan fingerprint density at radius 2 is 1.71 bits per heavy atom. The van der Waals surface area contributed by atoms with Crippen LogP contribution in [0.4, 0.5) is 0 Å². The Hall–Kier alpha value is -2.68. The summed E-state index contributed by atoms with van der Waals surface area (Å²) in [6.45, 7) is 0.474. The summed E-state index contributed by atoms with van der Waals surface area (Å²) in [5.41, 5.74) is 1.05. The summed E-state index contributed by atoms with van der Waals surface area (Å²) in [5.74, 6) is 1.85. The molecule has 0 spiro atoms. The van der Waals surface area contributed by atoms with Crippen LogP contribution < -0.4 is 9.47 Å². The predicted molar refractivity (Wildman–Crippen MR) is 82.9 cm³/mol. The van der Waals surface area contributed by atoms with E-state index >= 15 is 0 Å². The number of hydrogen-bond acceptors (Lipinski definition) is 3. The van der Waals surface area contributed by atoms with Crippen molar-refractivity contribution in [2.24, 2.45) is 0 Å². The van der Waals surface area contributed by atoms with Gasteiger partial charge in [0.1, 0.15) is 23.9 Å². The molecule has 0 aliphatic heterocycles. The molecule has 0 radical (unpaired) electrons. The van der Waals surface area contributed by atoms with Gasteiger partial charge in [-0.3, -0.25) is 0 Å². The normalized spacial score (nSPS) is 10.5. The van der Waals surface area contributed by atoms with E-state index in [0.717, 1.165) is 27.8 Å². The molecule has 3 rings (SSSR count). The fourth-order valence-electron chi connectivity index (χ4n) is 2.23. The number of phenolic OH excluding ortho intramolecular Hbond substituents is 1. The molecule has 0 unspecified atom stereocenters. The van der Waals surface area contributed by atoms with Gasteiger partial charge in [0.05, 0.1) is 7.11 Å². The lowest BCUT2D eigenvalue weighted by Crippen LogP contribution is -1.96. The molecule has 0 heterocycles. The Balaban J connectivity index is 1.78. The van der Waals surface area contributed by atoms with Crippen molar-refractivity contribution in [2.45, 2.75) is 6.61 Å². The summed E-state index contributed by atoms with van der Waals surface area (Å²) in [4.78, 5) is 0. The van der Waals surface area contributed by atoms with Crippen LogP contribution in [0.5, 0.6) is 17.2 Å². The summed E-state index contributed by atoms with van der Waals surface area (Å²) in [5, 5.41) is 11.6. The molecular weight excluding hydrogens is 264 g/mol. The summed E-state index contributed by atoms with van der Waals surface area (Å²) < 4.78 is 11.0. The summed E-state index contributed by atoms with van der Waals surface area (Å²) >= 11 is 0. The van der Waals surface area contributed by atoms with Gasteiger partial charge in [-0.25, -0.2) is 0 Å². The number of methoxy groups -OCH3 is 1. The SMILES string of the molecule is COc1cccc(COc2ccc3ccc(O)cc3c2)c1. The van der Waals surface area contributed by atoms with Crippen LogP contribution in [0, 0.1) is 0 Å². The van der Waals surface area contributed by atoms with E-state index in [1.807, 2.05) is 48.5 Å². The molecule has 21 heavy (non-hydrogen) atoms. The molecule has 106 valence electrons. The molecule has 1 N–H and O–H groups in total.